The van der Waals surface area contributed by atoms with Crippen molar-refractivity contribution in [3.8, 4) is 0 Å². The van der Waals surface area contributed by atoms with Crippen LogP contribution in [0.4, 0.5) is 0 Å². The summed E-state index contributed by atoms with van der Waals surface area (Å²) >= 11 is 0. The molecular weight excluding hydrogens is 156 g/mol. The molecule has 0 aliphatic carbocycles. The number of aliphatic carboxylic acids is 1. The minimum atomic E-state index is -1.50. The van der Waals surface area contributed by atoms with Crippen molar-refractivity contribution in [1.82, 2.24) is 0 Å². The van der Waals surface area contributed by atoms with Gasteiger partial charge in [0.15, 0.2) is 0 Å². The van der Waals surface area contributed by atoms with Crippen LogP contribution >= 0.6 is 0 Å². The second-order valence-corrected chi connectivity index (χ2v) is 1.52. The first-order chi connectivity index (χ1) is 5.00. The van der Waals surface area contributed by atoms with Gasteiger partial charge in [-0.25, -0.2) is 0 Å². The fraction of sp³-hybridized carbons (Fsp3) is 0.750. The summed E-state index contributed by atoms with van der Waals surface area (Å²) in [6.45, 7) is 0.465. The van der Waals surface area contributed by atoms with Gasteiger partial charge in [0, 0.05) is 6.42 Å². The van der Waals surface area contributed by atoms with E-state index in [1.807, 2.05) is 0 Å². The van der Waals surface area contributed by atoms with Crippen molar-refractivity contribution in [2.75, 3.05) is 6.54 Å². The van der Waals surface area contributed by atoms with E-state index in [0.717, 1.165) is 0 Å². The van der Waals surface area contributed by atoms with Crippen molar-refractivity contribution in [3.05, 3.63) is 10.1 Å². The van der Waals surface area contributed by atoms with Crippen LogP contribution in [0.1, 0.15) is 12.8 Å². The van der Waals surface area contributed by atoms with Crippen LogP contribution in [0.3, 0.4) is 0 Å². The number of nitrogens with zero attached hydrogens (tertiary/aromatic N) is 1. The second kappa shape index (κ2) is 8.63. The highest BCUT2D eigenvalue weighted by Gasteiger charge is 1.91. The van der Waals surface area contributed by atoms with E-state index in [9.17, 15) is 4.79 Å². The number of hydrogen-bond donors (Lipinski definition) is 3. The molecule has 0 aromatic rings. The van der Waals surface area contributed by atoms with Crippen LogP contribution in [0, 0.1) is 10.1 Å². The Bertz CT molecular complexity index is 122. The highest BCUT2D eigenvalue weighted by atomic mass is 16.9. The number of carbonyl (C=O) groups is 1. The summed E-state index contributed by atoms with van der Waals surface area (Å²) in [5.74, 6) is -0.773. The van der Waals surface area contributed by atoms with Gasteiger partial charge in [0.1, 0.15) is 0 Å². The van der Waals surface area contributed by atoms with Gasteiger partial charge in [-0.3, -0.25) is 4.79 Å². The molecular formula is C4H10N2O5. The lowest BCUT2D eigenvalue weighted by Gasteiger charge is -1.86. The van der Waals surface area contributed by atoms with Gasteiger partial charge in [-0.05, 0) is 13.0 Å². The standard InChI is InChI=1S/C4H9NO2.HNO3/c5-3-1-2-4(6)7;2-1(3)4/h1-3,5H2,(H,6,7);(H,2,3,4). The third kappa shape index (κ3) is 54.8. The molecule has 66 valence electrons. The molecule has 0 aliphatic rings. The van der Waals surface area contributed by atoms with Gasteiger partial charge in [-0.2, -0.15) is 0 Å². The molecule has 4 N–H and O–H groups in total. The van der Waals surface area contributed by atoms with Crippen molar-refractivity contribution in [1.29, 1.82) is 0 Å². The Kier molecular flexibility index (Phi) is 9.67. The molecule has 0 aromatic heterocycles. The van der Waals surface area contributed by atoms with Crippen LogP contribution in [0.2, 0.25) is 0 Å². The fourth-order valence-electron chi connectivity index (χ4n) is 0.253. The molecule has 0 saturated carbocycles. The number of hydrogen-bond acceptors (Lipinski definition) is 4. The van der Waals surface area contributed by atoms with Gasteiger partial charge in [-0.15, -0.1) is 10.1 Å². The molecule has 0 amide bonds. The molecule has 0 aliphatic heterocycles. The fourth-order valence-corrected chi connectivity index (χ4v) is 0.253. The Morgan fingerprint density at radius 3 is 2.09 bits per heavy atom. The van der Waals surface area contributed by atoms with Crippen LogP contribution in [-0.2, 0) is 4.79 Å². The predicted molar refractivity (Wildman–Crippen MR) is 34.7 cm³/mol. The minimum Gasteiger partial charge on any atom is -0.481 e. The van der Waals surface area contributed by atoms with Crippen molar-refractivity contribution < 1.29 is 20.2 Å². The average molecular weight is 166 g/mol. The van der Waals surface area contributed by atoms with Gasteiger partial charge in [0.25, 0.3) is 5.09 Å². The Balaban J connectivity index is 0. The van der Waals surface area contributed by atoms with Crippen LogP contribution in [-0.4, -0.2) is 27.9 Å². The zero-order valence-corrected chi connectivity index (χ0v) is 5.77. The first-order valence-electron chi connectivity index (χ1n) is 2.75. The lowest BCUT2D eigenvalue weighted by molar-refractivity contribution is -0.742. The zero-order valence-electron chi connectivity index (χ0n) is 5.77. The molecule has 0 heterocycles. The smallest absolute Gasteiger partial charge is 0.303 e. The van der Waals surface area contributed by atoms with Crippen LogP contribution in [0.25, 0.3) is 0 Å². The number of rotatable bonds is 3. The molecule has 11 heavy (non-hydrogen) atoms. The second-order valence-electron chi connectivity index (χ2n) is 1.52. The summed E-state index contributed by atoms with van der Waals surface area (Å²) < 4.78 is 0. The van der Waals surface area contributed by atoms with Crippen molar-refractivity contribution in [2.24, 2.45) is 5.73 Å². The van der Waals surface area contributed by atoms with E-state index in [-0.39, 0.29) is 6.42 Å². The average Bonchev–Trinajstić information content (AvgIpc) is 1.82. The Morgan fingerprint density at radius 2 is 2.00 bits per heavy atom. The summed E-state index contributed by atoms with van der Waals surface area (Å²) in [5, 5.41) is 21.6. The molecule has 7 heteroatoms. The van der Waals surface area contributed by atoms with Crippen molar-refractivity contribution in [2.45, 2.75) is 12.8 Å². The number of nitrogens with two attached hydrogens (primary N) is 1. The Hall–Kier alpha value is -1.37. The highest BCUT2D eigenvalue weighted by molar-refractivity contribution is 5.66. The maximum Gasteiger partial charge on any atom is 0.303 e. The molecule has 0 atom stereocenters. The largest absolute Gasteiger partial charge is 0.481 e. The van der Waals surface area contributed by atoms with E-state index in [2.05, 4.69) is 0 Å². The van der Waals surface area contributed by atoms with E-state index in [0.29, 0.717) is 13.0 Å². The molecule has 0 spiro atoms. The molecule has 0 saturated heterocycles. The van der Waals surface area contributed by atoms with Gasteiger partial charge in [0.05, 0.1) is 0 Å². The van der Waals surface area contributed by atoms with E-state index >= 15 is 0 Å². The summed E-state index contributed by atoms with van der Waals surface area (Å²) in [7, 11) is 0. The van der Waals surface area contributed by atoms with Crippen LogP contribution in [0.15, 0.2) is 0 Å². The van der Waals surface area contributed by atoms with Crippen LogP contribution in [0.5, 0.6) is 0 Å². The van der Waals surface area contributed by atoms with E-state index in [4.69, 9.17) is 26.2 Å². The maximum atomic E-state index is 9.70. The minimum absolute atomic E-state index is 0.191. The molecule has 0 bridgehead atoms. The quantitative estimate of drug-likeness (QED) is 0.381. The van der Waals surface area contributed by atoms with Gasteiger partial charge >= 0.3 is 5.97 Å². The third-order valence-corrected chi connectivity index (χ3v) is 0.595. The SMILES string of the molecule is NCCCC(=O)O.O=[N+]([O-])O. The lowest BCUT2D eigenvalue weighted by Crippen LogP contribution is -2.02. The topological polar surface area (TPSA) is 127 Å². The normalized spacial score (nSPS) is 7.73. The molecule has 0 unspecified atom stereocenters. The highest BCUT2D eigenvalue weighted by Crippen LogP contribution is 1.82. The van der Waals surface area contributed by atoms with Crippen molar-refractivity contribution >= 4 is 5.97 Å². The maximum absolute atomic E-state index is 9.70. The predicted octanol–water partition coefficient (Wildman–Crippen LogP) is -0.538. The summed E-state index contributed by atoms with van der Waals surface area (Å²) in [5.41, 5.74) is 5.01. The monoisotopic (exact) mass is 166 g/mol. The summed E-state index contributed by atoms with van der Waals surface area (Å²) in [6, 6.07) is 0. The number of carboxylic acids is 1. The Morgan fingerprint density at radius 1 is 1.64 bits per heavy atom. The first kappa shape index (κ1) is 12.3. The first-order valence-corrected chi connectivity index (χ1v) is 2.75. The van der Waals surface area contributed by atoms with E-state index in [1.165, 1.54) is 0 Å². The third-order valence-electron chi connectivity index (χ3n) is 0.595. The number of carboxylic acid groups (broad SMARTS) is 1. The summed E-state index contributed by atoms with van der Waals surface area (Å²) in [6.07, 6.45) is 0.770. The van der Waals surface area contributed by atoms with Gasteiger partial charge < -0.3 is 16.0 Å². The van der Waals surface area contributed by atoms with Gasteiger partial charge in [-0.1, -0.05) is 0 Å². The lowest BCUT2D eigenvalue weighted by atomic mass is 10.3. The van der Waals surface area contributed by atoms with Gasteiger partial charge in [0.2, 0.25) is 0 Å². The molecule has 0 rings (SSSR count). The summed E-state index contributed by atoms with van der Waals surface area (Å²) in [4.78, 5) is 18.1. The van der Waals surface area contributed by atoms with Crippen molar-refractivity contribution in [3.63, 3.8) is 0 Å². The van der Waals surface area contributed by atoms with E-state index < -0.39 is 11.1 Å². The molecule has 0 radical (unpaired) electrons. The molecule has 0 fully saturated rings. The Labute approximate surface area is 62.5 Å². The van der Waals surface area contributed by atoms with E-state index in [1.54, 1.807) is 0 Å². The molecule has 7 nitrogen and oxygen atoms in total. The molecule has 0 aromatic carbocycles. The van der Waals surface area contributed by atoms with Crippen LogP contribution < -0.4 is 5.73 Å². The zero-order chi connectivity index (χ0) is 9.28.